The van der Waals surface area contributed by atoms with E-state index >= 15 is 0 Å². The van der Waals surface area contributed by atoms with Crippen LogP contribution in [0.4, 0.5) is 10.1 Å². The van der Waals surface area contributed by atoms with Crippen molar-refractivity contribution in [2.24, 2.45) is 0 Å². The molecule has 0 unspecified atom stereocenters. The maximum Gasteiger partial charge on any atom is 0.270 e. The first-order chi connectivity index (χ1) is 14.7. The van der Waals surface area contributed by atoms with E-state index in [1.54, 1.807) is 18.3 Å². The van der Waals surface area contributed by atoms with Gasteiger partial charge in [-0.15, -0.1) is 0 Å². The molecule has 31 heavy (non-hydrogen) atoms. The summed E-state index contributed by atoms with van der Waals surface area (Å²) in [5, 5.41) is 10.8. The smallest absolute Gasteiger partial charge is 0.270 e. The number of fused-ring (bicyclic) bond motifs is 1. The van der Waals surface area contributed by atoms with Crippen molar-refractivity contribution in [3.05, 3.63) is 80.2 Å². The number of nitrogens with one attached hydrogen (secondary N) is 1. The third kappa shape index (κ3) is 4.17. The van der Waals surface area contributed by atoms with E-state index in [9.17, 15) is 22.9 Å². The highest BCUT2D eigenvalue weighted by Gasteiger charge is 2.22. The van der Waals surface area contributed by atoms with Crippen LogP contribution in [0.25, 0.3) is 16.2 Å². The highest BCUT2D eigenvalue weighted by atomic mass is 35.5. The van der Waals surface area contributed by atoms with Crippen LogP contribution in [0.15, 0.2) is 53.6 Å². The SMILES string of the molecule is Cc1c(CNS(=O)(=O)c2cc([N+](=O)[O-])ccc2Cl)sc2nc(-c3ccc(F)cc3)cn12. The zero-order valence-corrected chi connectivity index (χ0v) is 18.3. The number of thiazole rings is 1. The molecule has 0 bridgehead atoms. The Morgan fingerprint density at radius 3 is 2.61 bits per heavy atom. The van der Waals surface area contributed by atoms with Gasteiger partial charge in [-0.1, -0.05) is 22.9 Å². The number of imidazole rings is 1. The maximum atomic E-state index is 13.1. The molecule has 2 heterocycles. The fourth-order valence-electron chi connectivity index (χ4n) is 2.97. The number of sulfonamides is 1. The van der Waals surface area contributed by atoms with Gasteiger partial charge < -0.3 is 0 Å². The van der Waals surface area contributed by atoms with Gasteiger partial charge >= 0.3 is 0 Å². The quantitative estimate of drug-likeness (QED) is 0.322. The van der Waals surface area contributed by atoms with Gasteiger partial charge in [0.2, 0.25) is 10.0 Å². The van der Waals surface area contributed by atoms with Crippen LogP contribution in [0, 0.1) is 22.9 Å². The Morgan fingerprint density at radius 2 is 1.97 bits per heavy atom. The van der Waals surface area contributed by atoms with Crippen LogP contribution in [0.2, 0.25) is 5.02 Å². The standard InChI is InChI=1S/C19H14ClFN4O4S2/c1-11-17(9-22-31(28,29)18-8-14(25(26)27)6-7-15(18)20)30-19-23-16(10-24(11)19)12-2-4-13(21)5-3-12/h2-8,10,22H,9H2,1H3. The van der Waals surface area contributed by atoms with Crippen LogP contribution in [-0.2, 0) is 16.6 Å². The molecule has 2 aromatic heterocycles. The molecule has 4 aromatic rings. The minimum absolute atomic E-state index is 0.0346. The lowest BCUT2D eigenvalue weighted by atomic mass is 10.2. The molecule has 160 valence electrons. The van der Waals surface area contributed by atoms with Gasteiger partial charge in [-0.25, -0.2) is 22.5 Å². The highest BCUT2D eigenvalue weighted by molar-refractivity contribution is 7.89. The van der Waals surface area contributed by atoms with Crippen molar-refractivity contribution in [2.75, 3.05) is 0 Å². The molecule has 12 heteroatoms. The molecular formula is C19H14ClFN4O4S2. The van der Waals surface area contributed by atoms with Gasteiger partial charge in [0, 0.05) is 41.0 Å². The van der Waals surface area contributed by atoms with Crippen LogP contribution in [0.5, 0.6) is 0 Å². The van der Waals surface area contributed by atoms with Crippen molar-refractivity contribution in [1.82, 2.24) is 14.1 Å². The zero-order valence-electron chi connectivity index (χ0n) is 15.9. The third-order valence-corrected chi connectivity index (χ3v) is 7.67. The lowest BCUT2D eigenvalue weighted by Crippen LogP contribution is -2.23. The summed E-state index contributed by atoms with van der Waals surface area (Å²) >= 11 is 7.25. The molecule has 0 radical (unpaired) electrons. The number of nitrogens with zero attached hydrogens (tertiary/aromatic N) is 3. The molecule has 8 nitrogen and oxygen atoms in total. The molecule has 2 aromatic carbocycles. The maximum absolute atomic E-state index is 13.1. The second-order valence-electron chi connectivity index (χ2n) is 6.59. The summed E-state index contributed by atoms with van der Waals surface area (Å²) < 4.78 is 42.7. The van der Waals surface area contributed by atoms with E-state index in [0.29, 0.717) is 10.7 Å². The van der Waals surface area contributed by atoms with Crippen molar-refractivity contribution < 1.29 is 17.7 Å². The number of hydrogen-bond acceptors (Lipinski definition) is 6. The van der Waals surface area contributed by atoms with E-state index in [0.717, 1.165) is 28.3 Å². The molecule has 0 saturated heterocycles. The first kappa shape index (κ1) is 21.4. The van der Waals surface area contributed by atoms with Crippen molar-refractivity contribution >= 4 is 43.6 Å². The second kappa shape index (κ2) is 8.00. The fraction of sp³-hybridized carbons (Fsp3) is 0.105. The number of benzene rings is 2. The predicted octanol–water partition coefficient (Wildman–Crippen LogP) is 4.55. The number of rotatable bonds is 6. The first-order valence-corrected chi connectivity index (χ1v) is 11.5. The van der Waals surface area contributed by atoms with Gasteiger partial charge in [-0.3, -0.25) is 14.5 Å². The summed E-state index contributed by atoms with van der Waals surface area (Å²) in [6.45, 7) is 1.79. The Labute approximate surface area is 185 Å². The topological polar surface area (TPSA) is 107 Å². The van der Waals surface area contributed by atoms with Gasteiger partial charge in [0.05, 0.1) is 15.6 Å². The van der Waals surface area contributed by atoms with Gasteiger partial charge in [0.25, 0.3) is 5.69 Å². The molecule has 0 atom stereocenters. The van der Waals surface area contributed by atoms with Crippen LogP contribution in [0.1, 0.15) is 10.6 Å². The van der Waals surface area contributed by atoms with Crippen LogP contribution >= 0.6 is 22.9 Å². The van der Waals surface area contributed by atoms with Crippen molar-refractivity contribution in [3.8, 4) is 11.3 Å². The Morgan fingerprint density at radius 1 is 1.26 bits per heavy atom. The van der Waals surface area contributed by atoms with Crippen LogP contribution < -0.4 is 4.72 Å². The fourth-order valence-corrected chi connectivity index (χ4v) is 5.61. The largest absolute Gasteiger partial charge is 0.294 e. The summed E-state index contributed by atoms with van der Waals surface area (Å²) in [4.78, 5) is 15.8. The highest BCUT2D eigenvalue weighted by Crippen LogP contribution is 2.29. The zero-order chi connectivity index (χ0) is 22.3. The number of hydrogen-bond donors (Lipinski definition) is 1. The molecule has 0 amide bonds. The number of halogens is 2. The molecule has 0 aliphatic rings. The average Bonchev–Trinajstić information content (AvgIpc) is 3.26. The number of aryl methyl sites for hydroxylation is 1. The lowest BCUT2D eigenvalue weighted by molar-refractivity contribution is -0.385. The summed E-state index contributed by atoms with van der Waals surface area (Å²) in [6.07, 6.45) is 1.80. The summed E-state index contributed by atoms with van der Waals surface area (Å²) in [5.74, 6) is -0.334. The number of nitro benzene ring substituents is 1. The van der Waals surface area contributed by atoms with Crippen LogP contribution in [-0.4, -0.2) is 22.7 Å². The summed E-state index contributed by atoms with van der Waals surface area (Å²) in [6, 6.07) is 9.22. The molecular weight excluding hydrogens is 467 g/mol. The van der Waals surface area contributed by atoms with Gasteiger partial charge in [0.1, 0.15) is 10.7 Å². The summed E-state index contributed by atoms with van der Waals surface area (Å²) in [5.41, 5.74) is 1.85. The Balaban J connectivity index is 1.58. The van der Waals surface area contributed by atoms with E-state index in [-0.39, 0.29) is 28.0 Å². The van der Waals surface area contributed by atoms with E-state index in [2.05, 4.69) is 9.71 Å². The Kier molecular flexibility index (Phi) is 5.52. The van der Waals surface area contributed by atoms with Crippen molar-refractivity contribution in [1.29, 1.82) is 0 Å². The van der Waals surface area contributed by atoms with E-state index in [1.807, 2.05) is 11.3 Å². The first-order valence-electron chi connectivity index (χ1n) is 8.82. The van der Waals surface area contributed by atoms with Gasteiger partial charge in [0.15, 0.2) is 4.96 Å². The normalized spacial score (nSPS) is 11.8. The molecule has 1 N–H and O–H groups in total. The van der Waals surface area contributed by atoms with E-state index in [1.165, 1.54) is 29.5 Å². The molecule has 0 aliphatic heterocycles. The minimum Gasteiger partial charge on any atom is -0.294 e. The predicted molar refractivity (Wildman–Crippen MR) is 115 cm³/mol. The van der Waals surface area contributed by atoms with Crippen molar-refractivity contribution in [3.63, 3.8) is 0 Å². The monoisotopic (exact) mass is 480 g/mol. The molecule has 0 fully saturated rings. The van der Waals surface area contributed by atoms with E-state index < -0.39 is 14.9 Å². The second-order valence-corrected chi connectivity index (χ2v) is 9.80. The minimum atomic E-state index is -4.08. The average molecular weight is 481 g/mol. The number of non-ortho nitro benzene ring substituents is 1. The Bertz CT molecular complexity index is 1410. The van der Waals surface area contributed by atoms with Crippen LogP contribution in [0.3, 0.4) is 0 Å². The summed E-state index contributed by atoms with van der Waals surface area (Å²) in [7, 11) is -4.08. The van der Waals surface area contributed by atoms with Crippen molar-refractivity contribution in [2.45, 2.75) is 18.4 Å². The number of nitro groups is 1. The Hall–Kier alpha value is -2.86. The molecule has 4 rings (SSSR count). The molecule has 0 saturated carbocycles. The third-order valence-electron chi connectivity index (χ3n) is 4.63. The van der Waals surface area contributed by atoms with Gasteiger partial charge in [-0.2, -0.15) is 0 Å². The molecule has 0 aliphatic carbocycles. The van der Waals surface area contributed by atoms with Gasteiger partial charge in [-0.05, 0) is 37.3 Å². The lowest BCUT2D eigenvalue weighted by Gasteiger charge is -2.08. The molecule has 0 spiro atoms. The van der Waals surface area contributed by atoms with E-state index in [4.69, 9.17) is 11.6 Å². The number of aromatic nitrogens is 2.